The molecule has 126 valence electrons. The minimum atomic E-state index is 0.783. The van der Waals surface area contributed by atoms with Crippen LogP contribution in [-0.2, 0) is 0 Å². The Kier molecular flexibility index (Phi) is 4.79. The van der Waals surface area contributed by atoms with Crippen molar-refractivity contribution in [3.63, 3.8) is 0 Å². The minimum Gasteiger partial charge on any atom is -0.369 e. The average molecular weight is 334 g/mol. The van der Waals surface area contributed by atoms with E-state index in [9.17, 15) is 0 Å². The number of piperidine rings is 1. The van der Waals surface area contributed by atoms with Crippen LogP contribution in [0.5, 0.6) is 0 Å². The van der Waals surface area contributed by atoms with E-state index in [1.165, 1.54) is 64.0 Å². The van der Waals surface area contributed by atoms with E-state index in [1.807, 2.05) is 6.07 Å². The fraction of sp³-hybridized carbons (Fsp3) is 0.684. The summed E-state index contributed by atoms with van der Waals surface area (Å²) in [5.74, 6) is 0. The maximum absolute atomic E-state index is 6.14. The Morgan fingerprint density at radius 3 is 2.30 bits per heavy atom. The Bertz CT molecular complexity index is 523. The maximum Gasteiger partial charge on any atom is 0.0426 e. The van der Waals surface area contributed by atoms with Gasteiger partial charge in [0.25, 0.3) is 0 Å². The normalized spacial score (nSPS) is 27.9. The van der Waals surface area contributed by atoms with Crippen LogP contribution in [0.3, 0.4) is 0 Å². The fourth-order valence-electron chi connectivity index (χ4n) is 4.38. The third-order valence-corrected chi connectivity index (χ3v) is 6.26. The van der Waals surface area contributed by atoms with E-state index >= 15 is 0 Å². The van der Waals surface area contributed by atoms with Crippen molar-refractivity contribution in [1.29, 1.82) is 0 Å². The van der Waals surface area contributed by atoms with Crippen LogP contribution in [0.2, 0.25) is 5.02 Å². The molecule has 2 aliphatic heterocycles. The molecule has 3 aliphatic rings. The van der Waals surface area contributed by atoms with Crippen molar-refractivity contribution >= 4 is 17.3 Å². The molecule has 0 unspecified atom stereocenters. The van der Waals surface area contributed by atoms with Crippen LogP contribution in [0.15, 0.2) is 24.3 Å². The maximum atomic E-state index is 6.14. The van der Waals surface area contributed by atoms with Crippen molar-refractivity contribution in [3.8, 4) is 0 Å². The number of hydrogen-bond donors (Lipinski definition) is 0. The SMILES string of the molecule is Clc1cccc(N2CCN([C@H]3CCCN(C4CCC4)C3)CC2)c1. The molecule has 1 aromatic carbocycles. The van der Waals surface area contributed by atoms with Gasteiger partial charge in [-0.1, -0.05) is 24.1 Å². The largest absolute Gasteiger partial charge is 0.369 e. The highest BCUT2D eigenvalue weighted by Crippen LogP contribution is 2.29. The molecule has 4 rings (SSSR count). The summed E-state index contributed by atoms with van der Waals surface area (Å²) >= 11 is 6.14. The van der Waals surface area contributed by atoms with E-state index in [1.54, 1.807) is 0 Å². The van der Waals surface area contributed by atoms with Crippen molar-refractivity contribution < 1.29 is 0 Å². The van der Waals surface area contributed by atoms with Gasteiger partial charge in [-0.2, -0.15) is 0 Å². The number of anilines is 1. The monoisotopic (exact) mass is 333 g/mol. The summed E-state index contributed by atoms with van der Waals surface area (Å²) in [6.45, 7) is 7.28. The molecule has 2 heterocycles. The Morgan fingerprint density at radius 2 is 1.61 bits per heavy atom. The number of rotatable bonds is 3. The van der Waals surface area contributed by atoms with E-state index in [-0.39, 0.29) is 0 Å². The second kappa shape index (κ2) is 7.00. The second-order valence-electron chi connectivity index (χ2n) is 7.38. The highest BCUT2D eigenvalue weighted by Gasteiger charge is 2.32. The standard InChI is InChI=1S/C19H28ClN3/c20-16-4-1-7-18(14-16)21-10-12-22(13-11-21)19-8-3-9-23(15-19)17-5-2-6-17/h1,4,7,14,17,19H,2-3,5-6,8-13,15H2/t19-/m0/s1. The molecule has 0 amide bonds. The first kappa shape index (κ1) is 15.7. The molecule has 3 fully saturated rings. The zero-order valence-electron chi connectivity index (χ0n) is 14.0. The van der Waals surface area contributed by atoms with Gasteiger partial charge in [0.05, 0.1) is 0 Å². The molecule has 0 radical (unpaired) electrons. The predicted octanol–water partition coefficient (Wildman–Crippen LogP) is 3.48. The first-order chi connectivity index (χ1) is 11.3. The molecule has 1 aliphatic carbocycles. The lowest BCUT2D eigenvalue weighted by Gasteiger charge is -2.47. The Morgan fingerprint density at radius 1 is 0.826 bits per heavy atom. The second-order valence-corrected chi connectivity index (χ2v) is 7.82. The zero-order valence-corrected chi connectivity index (χ0v) is 14.7. The molecule has 0 N–H and O–H groups in total. The van der Waals surface area contributed by atoms with Gasteiger partial charge in [0.15, 0.2) is 0 Å². The van der Waals surface area contributed by atoms with Gasteiger partial charge in [-0.25, -0.2) is 0 Å². The van der Waals surface area contributed by atoms with Gasteiger partial charge in [0, 0.05) is 55.5 Å². The van der Waals surface area contributed by atoms with Gasteiger partial charge in [0.2, 0.25) is 0 Å². The van der Waals surface area contributed by atoms with Gasteiger partial charge in [-0.15, -0.1) is 0 Å². The van der Waals surface area contributed by atoms with Crippen LogP contribution in [0, 0.1) is 0 Å². The quantitative estimate of drug-likeness (QED) is 0.838. The summed E-state index contributed by atoms with van der Waals surface area (Å²) in [6.07, 6.45) is 7.10. The summed E-state index contributed by atoms with van der Waals surface area (Å²) < 4.78 is 0. The lowest BCUT2D eigenvalue weighted by atomic mass is 9.89. The third kappa shape index (κ3) is 3.52. The smallest absolute Gasteiger partial charge is 0.0426 e. The van der Waals surface area contributed by atoms with Crippen molar-refractivity contribution in [2.24, 2.45) is 0 Å². The van der Waals surface area contributed by atoms with Crippen molar-refractivity contribution in [3.05, 3.63) is 29.3 Å². The molecule has 0 bridgehead atoms. The molecule has 23 heavy (non-hydrogen) atoms. The highest BCUT2D eigenvalue weighted by atomic mass is 35.5. The zero-order chi connectivity index (χ0) is 15.6. The third-order valence-electron chi connectivity index (χ3n) is 6.02. The summed E-state index contributed by atoms with van der Waals surface area (Å²) in [6, 6.07) is 9.98. The van der Waals surface area contributed by atoms with E-state index in [0.29, 0.717) is 0 Å². The van der Waals surface area contributed by atoms with Gasteiger partial charge >= 0.3 is 0 Å². The van der Waals surface area contributed by atoms with E-state index in [0.717, 1.165) is 30.2 Å². The molecule has 0 aromatic heterocycles. The topological polar surface area (TPSA) is 9.72 Å². The summed E-state index contributed by atoms with van der Waals surface area (Å²) in [7, 11) is 0. The van der Waals surface area contributed by atoms with Gasteiger partial charge in [-0.3, -0.25) is 9.80 Å². The number of benzene rings is 1. The van der Waals surface area contributed by atoms with E-state index in [4.69, 9.17) is 11.6 Å². The minimum absolute atomic E-state index is 0.783. The molecular formula is C19H28ClN3. The average Bonchev–Trinajstić information content (AvgIpc) is 2.54. The molecular weight excluding hydrogens is 306 g/mol. The van der Waals surface area contributed by atoms with Crippen LogP contribution in [0.4, 0.5) is 5.69 Å². The van der Waals surface area contributed by atoms with Crippen LogP contribution < -0.4 is 4.90 Å². The molecule has 1 aromatic rings. The molecule has 2 saturated heterocycles. The number of likely N-dealkylation sites (tertiary alicyclic amines) is 1. The highest BCUT2D eigenvalue weighted by molar-refractivity contribution is 6.30. The molecule has 1 saturated carbocycles. The molecule has 4 heteroatoms. The Balaban J connectivity index is 1.32. The fourth-order valence-corrected chi connectivity index (χ4v) is 4.57. The number of nitrogens with zero attached hydrogens (tertiary/aromatic N) is 3. The van der Waals surface area contributed by atoms with Crippen molar-refractivity contribution in [1.82, 2.24) is 9.80 Å². The van der Waals surface area contributed by atoms with Gasteiger partial charge in [0.1, 0.15) is 0 Å². The van der Waals surface area contributed by atoms with E-state index < -0.39 is 0 Å². The van der Waals surface area contributed by atoms with E-state index in [2.05, 4.69) is 32.9 Å². The first-order valence-corrected chi connectivity index (χ1v) is 9.66. The summed E-state index contributed by atoms with van der Waals surface area (Å²) in [4.78, 5) is 8.00. The Labute approximate surface area is 145 Å². The Hall–Kier alpha value is -0.770. The lowest BCUT2D eigenvalue weighted by Crippen LogP contribution is -2.57. The number of halogens is 1. The summed E-state index contributed by atoms with van der Waals surface area (Å²) in [5.41, 5.74) is 1.27. The van der Waals surface area contributed by atoms with Crippen LogP contribution in [-0.4, -0.2) is 61.2 Å². The van der Waals surface area contributed by atoms with Crippen LogP contribution >= 0.6 is 11.6 Å². The lowest BCUT2D eigenvalue weighted by molar-refractivity contribution is 0.0419. The number of piperazine rings is 1. The summed E-state index contributed by atoms with van der Waals surface area (Å²) in [5, 5.41) is 0.841. The predicted molar refractivity (Wildman–Crippen MR) is 97.5 cm³/mol. The molecule has 3 nitrogen and oxygen atoms in total. The number of hydrogen-bond acceptors (Lipinski definition) is 3. The van der Waals surface area contributed by atoms with Crippen molar-refractivity contribution in [2.75, 3.05) is 44.2 Å². The van der Waals surface area contributed by atoms with Crippen LogP contribution in [0.25, 0.3) is 0 Å². The molecule has 1 atom stereocenters. The first-order valence-electron chi connectivity index (χ1n) is 9.28. The van der Waals surface area contributed by atoms with Crippen LogP contribution in [0.1, 0.15) is 32.1 Å². The van der Waals surface area contributed by atoms with Crippen molar-refractivity contribution in [2.45, 2.75) is 44.2 Å². The van der Waals surface area contributed by atoms with Gasteiger partial charge in [-0.05, 0) is 50.4 Å². The molecule has 0 spiro atoms. The van der Waals surface area contributed by atoms with Gasteiger partial charge < -0.3 is 4.90 Å².